The Kier molecular flexibility index (Phi) is 8.20. The van der Waals surface area contributed by atoms with E-state index in [0.717, 1.165) is 12.0 Å². The molecule has 2 N–H and O–H groups in total. The van der Waals surface area contributed by atoms with Crippen LogP contribution in [-0.2, 0) is 4.79 Å². The van der Waals surface area contributed by atoms with Gasteiger partial charge in [-0.3, -0.25) is 14.4 Å². The lowest BCUT2D eigenvalue weighted by molar-refractivity contribution is -0.125. The van der Waals surface area contributed by atoms with Crippen molar-refractivity contribution in [3.05, 3.63) is 71.0 Å². The van der Waals surface area contributed by atoms with Crippen LogP contribution >= 0.6 is 0 Å². The van der Waals surface area contributed by atoms with Crippen LogP contribution < -0.4 is 10.6 Å². The average molecular weight is 454 g/mol. The van der Waals surface area contributed by atoms with Crippen LogP contribution in [0.2, 0.25) is 0 Å². The molecule has 0 saturated carbocycles. The Labute approximate surface area is 194 Å². The van der Waals surface area contributed by atoms with E-state index in [1.165, 1.54) is 18.2 Å². The van der Waals surface area contributed by atoms with Gasteiger partial charge in [0.15, 0.2) is 0 Å². The van der Waals surface area contributed by atoms with Crippen LogP contribution in [0.15, 0.2) is 48.5 Å². The van der Waals surface area contributed by atoms with Crippen molar-refractivity contribution in [2.24, 2.45) is 5.92 Å². The molecule has 0 aliphatic carbocycles. The van der Waals surface area contributed by atoms with Crippen LogP contribution in [0, 0.1) is 18.7 Å². The summed E-state index contributed by atoms with van der Waals surface area (Å²) in [6, 6.07) is 12.2. The Morgan fingerprint density at radius 3 is 2.33 bits per heavy atom. The molecule has 0 unspecified atom stereocenters. The van der Waals surface area contributed by atoms with E-state index in [4.69, 9.17) is 0 Å². The Bertz CT molecular complexity index is 1000. The predicted octanol–water partition coefficient (Wildman–Crippen LogP) is 3.70. The van der Waals surface area contributed by atoms with Crippen LogP contribution in [0.5, 0.6) is 0 Å². The third-order valence-electron chi connectivity index (χ3n) is 6.22. The number of nitrogens with zero attached hydrogens (tertiary/aromatic N) is 1. The Balaban J connectivity index is 1.71. The molecule has 33 heavy (non-hydrogen) atoms. The van der Waals surface area contributed by atoms with E-state index >= 15 is 0 Å². The Hall–Kier alpha value is -3.22. The summed E-state index contributed by atoms with van der Waals surface area (Å²) in [6.07, 6.45) is 1.91. The first-order valence-corrected chi connectivity index (χ1v) is 11.5. The largest absolute Gasteiger partial charge is 0.352 e. The van der Waals surface area contributed by atoms with Gasteiger partial charge in [0.1, 0.15) is 11.9 Å². The number of amides is 3. The van der Waals surface area contributed by atoms with Crippen molar-refractivity contribution in [3.63, 3.8) is 0 Å². The highest BCUT2D eigenvalue weighted by Crippen LogP contribution is 2.23. The summed E-state index contributed by atoms with van der Waals surface area (Å²) in [6.45, 7) is 6.70. The van der Waals surface area contributed by atoms with E-state index in [0.29, 0.717) is 37.1 Å². The second-order valence-electron chi connectivity index (χ2n) is 8.78. The maximum absolute atomic E-state index is 13.5. The molecule has 6 nitrogen and oxygen atoms in total. The van der Waals surface area contributed by atoms with Crippen molar-refractivity contribution < 1.29 is 18.8 Å². The molecule has 1 aliphatic rings. The minimum absolute atomic E-state index is 0.00878. The highest BCUT2D eigenvalue weighted by molar-refractivity contribution is 5.98. The zero-order chi connectivity index (χ0) is 24.0. The number of halogens is 1. The summed E-state index contributed by atoms with van der Waals surface area (Å²) >= 11 is 0. The molecule has 1 saturated heterocycles. The minimum Gasteiger partial charge on any atom is -0.352 e. The lowest BCUT2D eigenvalue weighted by atomic mass is 9.88. The number of benzene rings is 2. The number of carbonyl (C=O) groups is 3. The summed E-state index contributed by atoms with van der Waals surface area (Å²) in [5.41, 5.74) is 1.79. The van der Waals surface area contributed by atoms with Gasteiger partial charge in [-0.25, -0.2) is 4.39 Å². The smallest absolute Gasteiger partial charge is 0.253 e. The van der Waals surface area contributed by atoms with Crippen LogP contribution in [-0.4, -0.2) is 47.8 Å². The fourth-order valence-corrected chi connectivity index (χ4v) is 4.08. The zero-order valence-electron chi connectivity index (χ0n) is 19.4. The molecule has 0 radical (unpaired) electrons. The van der Waals surface area contributed by atoms with Crippen molar-refractivity contribution in [3.8, 4) is 0 Å². The standard InChI is InChI=1S/C26H32FN3O3/c1-4-18(3)28-25(32)23(29-24(31)20-8-5-7-17(2)15-20)19-11-13-30(14-12-19)26(33)21-9-6-10-22(27)16-21/h5-10,15-16,18-19,23H,4,11-14H2,1-3H3,(H,28,32)(H,29,31)/t18-,23-/m1/s1. The van der Waals surface area contributed by atoms with Gasteiger partial charge in [-0.1, -0.05) is 30.7 Å². The van der Waals surface area contributed by atoms with Gasteiger partial charge >= 0.3 is 0 Å². The topological polar surface area (TPSA) is 78.5 Å². The minimum atomic E-state index is -0.696. The van der Waals surface area contributed by atoms with Crippen molar-refractivity contribution in [2.75, 3.05) is 13.1 Å². The maximum atomic E-state index is 13.5. The molecule has 0 spiro atoms. The molecule has 2 aromatic rings. The fraction of sp³-hybridized carbons (Fsp3) is 0.423. The molecule has 3 amide bonds. The number of carbonyl (C=O) groups excluding carboxylic acids is 3. The van der Waals surface area contributed by atoms with Gasteiger partial charge < -0.3 is 15.5 Å². The molecular formula is C26H32FN3O3. The second-order valence-corrected chi connectivity index (χ2v) is 8.78. The van der Waals surface area contributed by atoms with Crippen LogP contribution in [0.3, 0.4) is 0 Å². The van der Waals surface area contributed by atoms with Gasteiger partial charge in [0.25, 0.3) is 11.8 Å². The number of rotatable bonds is 7. The van der Waals surface area contributed by atoms with E-state index in [1.54, 1.807) is 23.1 Å². The van der Waals surface area contributed by atoms with Crippen molar-refractivity contribution in [1.29, 1.82) is 0 Å². The molecule has 0 bridgehead atoms. The molecule has 7 heteroatoms. The van der Waals surface area contributed by atoms with Gasteiger partial charge in [0, 0.05) is 30.3 Å². The predicted molar refractivity (Wildman–Crippen MR) is 125 cm³/mol. The fourth-order valence-electron chi connectivity index (χ4n) is 4.08. The Morgan fingerprint density at radius 2 is 1.70 bits per heavy atom. The molecule has 1 heterocycles. The summed E-state index contributed by atoms with van der Waals surface area (Å²) in [4.78, 5) is 40.4. The SMILES string of the molecule is CC[C@@H](C)NC(=O)[C@H](NC(=O)c1cccc(C)c1)C1CCN(C(=O)c2cccc(F)c2)CC1. The van der Waals surface area contributed by atoms with Crippen LogP contribution in [0.4, 0.5) is 4.39 Å². The second kappa shape index (κ2) is 11.1. The van der Waals surface area contributed by atoms with Crippen molar-refractivity contribution in [1.82, 2.24) is 15.5 Å². The number of hydrogen-bond donors (Lipinski definition) is 2. The molecule has 2 atom stereocenters. The first-order chi connectivity index (χ1) is 15.8. The third kappa shape index (κ3) is 6.40. The van der Waals surface area contributed by atoms with E-state index in [9.17, 15) is 18.8 Å². The zero-order valence-corrected chi connectivity index (χ0v) is 19.4. The van der Waals surface area contributed by atoms with Gasteiger partial charge in [0.05, 0.1) is 0 Å². The maximum Gasteiger partial charge on any atom is 0.253 e. The van der Waals surface area contributed by atoms with E-state index in [-0.39, 0.29) is 29.7 Å². The number of piperidine rings is 1. The quantitative estimate of drug-likeness (QED) is 0.671. The van der Waals surface area contributed by atoms with Crippen LogP contribution in [0.25, 0.3) is 0 Å². The number of nitrogens with one attached hydrogen (secondary N) is 2. The van der Waals surface area contributed by atoms with Crippen molar-refractivity contribution in [2.45, 2.75) is 52.1 Å². The first-order valence-electron chi connectivity index (χ1n) is 11.5. The summed E-state index contributed by atoms with van der Waals surface area (Å²) in [7, 11) is 0. The molecule has 1 aliphatic heterocycles. The van der Waals surface area contributed by atoms with Crippen LogP contribution in [0.1, 0.15) is 59.4 Å². The molecule has 176 valence electrons. The number of likely N-dealkylation sites (tertiary alicyclic amines) is 1. The Morgan fingerprint density at radius 1 is 1.03 bits per heavy atom. The van der Waals surface area contributed by atoms with E-state index in [2.05, 4.69) is 10.6 Å². The van der Waals surface area contributed by atoms with E-state index < -0.39 is 11.9 Å². The van der Waals surface area contributed by atoms with Crippen molar-refractivity contribution >= 4 is 17.7 Å². The number of aryl methyl sites for hydroxylation is 1. The van der Waals surface area contributed by atoms with Gasteiger partial charge in [-0.2, -0.15) is 0 Å². The first kappa shape index (κ1) is 24.4. The third-order valence-corrected chi connectivity index (χ3v) is 6.22. The molecular weight excluding hydrogens is 421 g/mol. The lowest BCUT2D eigenvalue weighted by Gasteiger charge is -2.36. The highest BCUT2D eigenvalue weighted by Gasteiger charge is 2.34. The molecule has 3 rings (SSSR count). The molecule has 0 aromatic heterocycles. The summed E-state index contributed by atoms with van der Waals surface area (Å²) in [5.74, 6) is -1.28. The van der Waals surface area contributed by atoms with E-state index in [1.807, 2.05) is 32.9 Å². The molecule has 2 aromatic carbocycles. The number of hydrogen-bond acceptors (Lipinski definition) is 3. The molecule has 1 fully saturated rings. The normalized spacial score (nSPS) is 16.1. The lowest BCUT2D eigenvalue weighted by Crippen LogP contribution is -2.55. The summed E-state index contributed by atoms with van der Waals surface area (Å²) < 4.78 is 13.5. The van der Waals surface area contributed by atoms with Gasteiger partial charge in [0.2, 0.25) is 5.91 Å². The van der Waals surface area contributed by atoms with Gasteiger partial charge in [-0.05, 0) is 69.4 Å². The summed E-state index contributed by atoms with van der Waals surface area (Å²) in [5, 5.41) is 5.92. The average Bonchev–Trinajstić information content (AvgIpc) is 2.81. The monoisotopic (exact) mass is 453 g/mol. The highest BCUT2D eigenvalue weighted by atomic mass is 19.1. The van der Waals surface area contributed by atoms with Gasteiger partial charge in [-0.15, -0.1) is 0 Å².